The molecule has 3 nitrogen and oxygen atoms in total. The maximum atomic E-state index is 5.67. The molecular formula is C10H15BrN2OS. The highest BCUT2D eigenvalue weighted by Gasteiger charge is 2.16. The molecule has 1 aromatic heterocycles. The molecule has 1 N–H and O–H groups in total. The first-order valence-electron chi connectivity index (χ1n) is 5.04. The Hall–Kier alpha value is -0.100. The number of nitrogens with one attached hydrogen (secondary N) is 1. The number of halogens is 1. The molecule has 1 fully saturated rings. The zero-order valence-electron chi connectivity index (χ0n) is 8.70. The number of hydrogen-bond donors (Lipinski definition) is 1. The van der Waals surface area contributed by atoms with E-state index < -0.39 is 0 Å². The summed E-state index contributed by atoms with van der Waals surface area (Å²) >= 11 is 5.22. The Balaban J connectivity index is 1.88. The summed E-state index contributed by atoms with van der Waals surface area (Å²) in [6.45, 7) is 3.70. The molecule has 0 aliphatic carbocycles. The summed E-state index contributed by atoms with van der Waals surface area (Å²) in [6.07, 6.45) is 0.310. The third kappa shape index (κ3) is 3.17. The molecule has 2 heterocycles. The number of hydrogen-bond acceptors (Lipinski definition) is 4. The Kier molecular flexibility index (Phi) is 4.02. The predicted molar refractivity (Wildman–Crippen MR) is 67.9 cm³/mol. The van der Waals surface area contributed by atoms with Gasteiger partial charge in [-0.05, 0) is 28.1 Å². The first kappa shape index (κ1) is 11.4. The van der Waals surface area contributed by atoms with Crippen LogP contribution in [0.3, 0.4) is 0 Å². The SMILES string of the molecule is CN(CC1CNCCO1)c1ccc(Br)s1. The lowest BCUT2D eigenvalue weighted by molar-refractivity contribution is 0.0341. The van der Waals surface area contributed by atoms with Crippen LogP contribution in [0.2, 0.25) is 0 Å². The van der Waals surface area contributed by atoms with E-state index in [0.717, 1.165) is 26.2 Å². The van der Waals surface area contributed by atoms with Crippen LogP contribution >= 0.6 is 27.3 Å². The average Bonchev–Trinajstić information content (AvgIpc) is 2.66. The summed E-state index contributed by atoms with van der Waals surface area (Å²) in [7, 11) is 2.11. The van der Waals surface area contributed by atoms with Gasteiger partial charge < -0.3 is 15.0 Å². The van der Waals surface area contributed by atoms with Gasteiger partial charge in [0.1, 0.15) is 0 Å². The second-order valence-electron chi connectivity index (χ2n) is 3.66. The summed E-state index contributed by atoms with van der Waals surface area (Å²) in [5.74, 6) is 0. The minimum Gasteiger partial charge on any atom is -0.374 e. The predicted octanol–water partition coefficient (Wildman–Crippen LogP) is 1.94. The van der Waals surface area contributed by atoms with Crippen LogP contribution in [0.4, 0.5) is 5.00 Å². The van der Waals surface area contributed by atoms with Crippen molar-refractivity contribution in [1.29, 1.82) is 0 Å². The first-order chi connectivity index (χ1) is 7.25. The Morgan fingerprint density at radius 1 is 1.67 bits per heavy atom. The smallest absolute Gasteiger partial charge is 0.0918 e. The summed E-state index contributed by atoms with van der Waals surface area (Å²) in [5, 5.41) is 4.61. The van der Waals surface area contributed by atoms with E-state index in [0.29, 0.717) is 6.10 Å². The minimum atomic E-state index is 0.310. The summed E-state index contributed by atoms with van der Waals surface area (Å²) in [6, 6.07) is 4.21. The van der Waals surface area contributed by atoms with Crippen LogP contribution in [0.1, 0.15) is 0 Å². The largest absolute Gasteiger partial charge is 0.374 e. The van der Waals surface area contributed by atoms with E-state index in [1.807, 2.05) is 0 Å². The van der Waals surface area contributed by atoms with Crippen molar-refractivity contribution in [2.45, 2.75) is 6.10 Å². The number of likely N-dealkylation sites (N-methyl/N-ethyl adjacent to an activating group) is 1. The fourth-order valence-corrected chi connectivity index (χ4v) is 2.97. The molecular weight excluding hydrogens is 276 g/mol. The van der Waals surface area contributed by atoms with E-state index in [1.54, 1.807) is 11.3 Å². The molecule has 1 aromatic rings. The number of rotatable bonds is 3. The van der Waals surface area contributed by atoms with Crippen molar-refractivity contribution in [2.24, 2.45) is 0 Å². The van der Waals surface area contributed by atoms with Gasteiger partial charge in [0.05, 0.1) is 21.5 Å². The molecule has 0 saturated carbocycles. The maximum Gasteiger partial charge on any atom is 0.0918 e. The number of morpholine rings is 1. The van der Waals surface area contributed by atoms with Crippen molar-refractivity contribution < 1.29 is 4.74 Å². The molecule has 84 valence electrons. The van der Waals surface area contributed by atoms with Crippen LogP contribution in [0, 0.1) is 0 Å². The van der Waals surface area contributed by atoms with E-state index in [2.05, 4.69) is 45.3 Å². The van der Waals surface area contributed by atoms with Gasteiger partial charge in [-0.3, -0.25) is 0 Å². The van der Waals surface area contributed by atoms with Gasteiger partial charge in [0, 0.05) is 26.7 Å². The molecule has 1 unspecified atom stereocenters. The Labute approximate surface area is 103 Å². The molecule has 15 heavy (non-hydrogen) atoms. The van der Waals surface area contributed by atoms with Crippen LogP contribution in [0.25, 0.3) is 0 Å². The minimum absolute atomic E-state index is 0.310. The fourth-order valence-electron chi connectivity index (χ4n) is 1.64. The van der Waals surface area contributed by atoms with Crippen molar-refractivity contribution in [3.8, 4) is 0 Å². The van der Waals surface area contributed by atoms with Gasteiger partial charge in [-0.25, -0.2) is 0 Å². The molecule has 1 aliphatic rings. The molecule has 0 amide bonds. The standard InChI is InChI=1S/C10H15BrN2OS/c1-13(10-3-2-9(11)15-10)7-8-6-12-4-5-14-8/h2-3,8,12H,4-7H2,1H3. The van der Waals surface area contributed by atoms with Crippen LogP contribution < -0.4 is 10.2 Å². The lowest BCUT2D eigenvalue weighted by Crippen LogP contribution is -2.44. The fraction of sp³-hybridized carbons (Fsp3) is 0.600. The van der Waals surface area contributed by atoms with Crippen LogP contribution in [0.5, 0.6) is 0 Å². The topological polar surface area (TPSA) is 24.5 Å². The molecule has 0 spiro atoms. The highest BCUT2D eigenvalue weighted by atomic mass is 79.9. The van der Waals surface area contributed by atoms with E-state index in [4.69, 9.17) is 4.74 Å². The van der Waals surface area contributed by atoms with Crippen molar-refractivity contribution in [1.82, 2.24) is 5.32 Å². The molecule has 1 saturated heterocycles. The normalized spacial score (nSPS) is 21.6. The molecule has 2 rings (SSSR count). The number of anilines is 1. The molecule has 1 atom stereocenters. The molecule has 0 aromatic carbocycles. The molecule has 0 radical (unpaired) electrons. The van der Waals surface area contributed by atoms with Gasteiger partial charge in [0.2, 0.25) is 0 Å². The van der Waals surface area contributed by atoms with Gasteiger partial charge in [-0.2, -0.15) is 0 Å². The highest BCUT2D eigenvalue weighted by molar-refractivity contribution is 9.11. The van der Waals surface area contributed by atoms with Gasteiger partial charge in [0.25, 0.3) is 0 Å². The van der Waals surface area contributed by atoms with Crippen LogP contribution in [-0.4, -0.2) is 39.4 Å². The van der Waals surface area contributed by atoms with Crippen LogP contribution in [0.15, 0.2) is 15.9 Å². The summed E-state index contributed by atoms with van der Waals surface area (Å²) in [4.78, 5) is 2.24. The third-order valence-corrected chi connectivity index (χ3v) is 4.16. The van der Waals surface area contributed by atoms with Crippen molar-refractivity contribution in [3.05, 3.63) is 15.9 Å². The van der Waals surface area contributed by atoms with Crippen molar-refractivity contribution in [3.63, 3.8) is 0 Å². The summed E-state index contributed by atoms with van der Waals surface area (Å²) < 4.78 is 6.84. The van der Waals surface area contributed by atoms with Crippen molar-refractivity contribution >= 4 is 32.3 Å². The lowest BCUT2D eigenvalue weighted by atomic mass is 10.3. The number of thiophene rings is 1. The Morgan fingerprint density at radius 2 is 2.53 bits per heavy atom. The van der Waals surface area contributed by atoms with E-state index in [9.17, 15) is 0 Å². The Bertz CT molecular complexity index is 312. The Morgan fingerprint density at radius 3 is 3.13 bits per heavy atom. The second kappa shape index (κ2) is 5.30. The van der Waals surface area contributed by atoms with Gasteiger partial charge in [-0.1, -0.05) is 0 Å². The average molecular weight is 291 g/mol. The zero-order chi connectivity index (χ0) is 10.7. The quantitative estimate of drug-likeness (QED) is 0.921. The second-order valence-corrected chi connectivity index (χ2v) is 6.10. The van der Waals surface area contributed by atoms with E-state index >= 15 is 0 Å². The number of nitrogens with zero attached hydrogens (tertiary/aromatic N) is 1. The number of ether oxygens (including phenoxy) is 1. The molecule has 0 bridgehead atoms. The van der Waals surface area contributed by atoms with Crippen molar-refractivity contribution in [2.75, 3.05) is 38.2 Å². The molecule has 5 heteroatoms. The summed E-state index contributed by atoms with van der Waals surface area (Å²) in [5.41, 5.74) is 0. The maximum absolute atomic E-state index is 5.67. The first-order valence-corrected chi connectivity index (χ1v) is 6.65. The van der Waals surface area contributed by atoms with Crippen LogP contribution in [-0.2, 0) is 4.74 Å². The third-order valence-electron chi connectivity index (χ3n) is 2.42. The van der Waals surface area contributed by atoms with Gasteiger partial charge in [-0.15, -0.1) is 11.3 Å². The van der Waals surface area contributed by atoms with E-state index in [1.165, 1.54) is 8.79 Å². The van der Waals surface area contributed by atoms with Gasteiger partial charge in [0.15, 0.2) is 0 Å². The monoisotopic (exact) mass is 290 g/mol. The highest BCUT2D eigenvalue weighted by Crippen LogP contribution is 2.29. The van der Waals surface area contributed by atoms with Gasteiger partial charge >= 0.3 is 0 Å². The van der Waals surface area contributed by atoms with E-state index in [-0.39, 0.29) is 0 Å². The lowest BCUT2D eigenvalue weighted by Gasteiger charge is -2.28. The zero-order valence-corrected chi connectivity index (χ0v) is 11.1. The molecule has 1 aliphatic heterocycles.